The molecule has 1 N–H and O–H groups in total. The molecular formula is C15H15F2NO2. The molecule has 5 heteroatoms. The van der Waals surface area contributed by atoms with Crippen molar-refractivity contribution in [3.8, 4) is 11.5 Å². The number of hydrogen-bond donors (Lipinski definition) is 1. The van der Waals surface area contributed by atoms with Crippen LogP contribution in [0.15, 0.2) is 36.4 Å². The van der Waals surface area contributed by atoms with Gasteiger partial charge in [0.2, 0.25) is 0 Å². The minimum atomic E-state index is -0.620. The second kappa shape index (κ2) is 6.23. The van der Waals surface area contributed by atoms with E-state index in [1.165, 1.54) is 12.1 Å². The van der Waals surface area contributed by atoms with Gasteiger partial charge in [-0.2, -0.15) is 0 Å². The van der Waals surface area contributed by atoms with Crippen LogP contribution in [0.4, 0.5) is 14.5 Å². The van der Waals surface area contributed by atoms with Gasteiger partial charge in [0.15, 0.2) is 11.5 Å². The highest BCUT2D eigenvalue weighted by Crippen LogP contribution is 2.28. The van der Waals surface area contributed by atoms with Crippen LogP contribution in [0, 0.1) is 11.6 Å². The van der Waals surface area contributed by atoms with Crippen LogP contribution in [-0.2, 0) is 6.54 Å². The average Bonchev–Trinajstić information content (AvgIpc) is 2.46. The first-order valence-corrected chi connectivity index (χ1v) is 6.04. The van der Waals surface area contributed by atoms with Crippen LogP contribution < -0.4 is 14.8 Å². The van der Waals surface area contributed by atoms with Gasteiger partial charge in [-0.15, -0.1) is 0 Å². The van der Waals surface area contributed by atoms with Gasteiger partial charge >= 0.3 is 0 Å². The molecule has 0 aliphatic rings. The van der Waals surface area contributed by atoms with Crippen molar-refractivity contribution in [2.45, 2.75) is 6.54 Å². The zero-order valence-electron chi connectivity index (χ0n) is 11.2. The Kier molecular flexibility index (Phi) is 4.40. The largest absolute Gasteiger partial charge is 0.493 e. The van der Waals surface area contributed by atoms with E-state index < -0.39 is 11.6 Å². The quantitative estimate of drug-likeness (QED) is 0.907. The van der Waals surface area contributed by atoms with Crippen LogP contribution >= 0.6 is 0 Å². The second-order valence-electron chi connectivity index (χ2n) is 4.17. The SMILES string of the molecule is COc1ccc(CNc2ccc(F)cc2F)cc1OC. The molecule has 0 saturated heterocycles. The first-order valence-electron chi connectivity index (χ1n) is 6.04. The molecule has 0 unspecified atom stereocenters. The Morgan fingerprint density at radius 2 is 1.70 bits per heavy atom. The summed E-state index contributed by atoms with van der Waals surface area (Å²) in [6.45, 7) is 0.392. The lowest BCUT2D eigenvalue weighted by molar-refractivity contribution is 0.354. The Morgan fingerprint density at radius 1 is 0.950 bits per heavy atom. The summed E-state index contributed by atoms with van der Waals surface area (Å²) in [6.07, 6.45) is 0. The van der Waals surface area contributed by atoms with E-state index in [2.05, 4.69) is 5.32 Å². The molecule has 0 aliphatic heterocycles. The zero-order chi connectivity index (χ0) is 14.5. The smallest absolute Gasteiger partial charge is 0.161 e. The fourth-order valence-electron chi connectivity index (χ4n) is 1.82. The van der Waals surface area contributed by atoms with Crippen LogP contribution in [0.25, 0.3) is 0 Å². The number of methoxy groups -OCH3 is 2. The number of nitrogens with one attached hydrogen (secondary N) is 1. The van der Waals surface area contributed by atoms with Gasteiger partial charge in [-0.25, -0.2) is 8.78 Å². The molecule has 0 aliphatic carbocycles. The van der Waals surface area contributed by atoms with Gasteiger partial charge in [0.05, 0.1) is 19.9 Å². The van der Waals surface area contributed by atoms with E-state index in [9.17, 15) is 8.78 Å². The van der Waals surface area contributed by atoms with E-state index in [-0.39, 0.29) is 5.69 Å². The fourth-order valence-corrected chi connectivity index (χ4v) is 1.82. The van der Waals surface area contributed by atoms with Crippen LogP contribution in [-0.4, -0.2) is 14.2 Å². The van der Waals surface area contributed by atoms with Crippen molar-refractivity contribution in [3.63, 3.8) is 0 Å². The van der Waals surface area contributed by atoms with Crippen molar-refractivity contribution >= 4 is 5.69 Å². The summed E-state index contributed by atoms with van der Waals surface area (Å²) in [5.74, 6) is 0.0141. The Balaban J connectivity index is 2.10. The number of ether oxygens (including phenoxy) is 2. The Morgan fingerprint density at radius 3 is 2.35 bits per heavy atom. The molecule has 106 valence electrons. The van der Waals surface area contributed by atoms with Gasteiger partial charge in [-0.3, -0.25) is 0 Å². The van der Waals surface area contributed by atoms with E-state index in [0.717, 1.165) is 11.6 Å². The van der Waals surface area contributed by atoms with E-state index in [0.29, 0.717) is 18.0 Å². The number of rotatable bonds is 5. The number of hydrogen-bond acceptors (Lipinski definition) is 3. The van der Waals surface area contributed by atoms with Gasteiger partial charge in [0.25, 0.3) is 0 Å². The van der Waals surface area contributed by atoms with Gasteiger partial charge in [-0.1, -0.05) is 6.07 Å². The summed E-state index contributed by atoms with van der Waals surface area (Å²) in [4.78, 5) is 0. The zero-order valence-corrected chi connectivity index (χ0v) is 11.2. The molecule has 0 radical (unpaired) electrons. The van der Waals surface area contributed by atoms with Gasteiger partial charge in [0, 0.05) is 12.6 Å². The third-order valence-corrected chi connectivity index (χ3v) is 2.86. The molecular weight excluding hydrogens is 264 g/mol. The Bertz CT molecular complexity index is 602. The first-order chi connectivity index (χ1) is 9.63. The van der Waals surface area contributed by atoms with Crippen LogP contribution in [0.3, 0.4) is 0 Å². The predicted molar refractivity (Wildman–Crippen MR) is 73.2 cm³/mol. The topological polar surface area (TPSA) is 30.5 Å². The minimum absolute atomic E-state index is 0.251. The highest BCUT2D eigenvalue weighted by atomic mass is 19.1. The standard InChI is InChI=1S/C15H15F2NO2/c1-19-14-6-3-10(7-15(14)20-2)9-18-13-5-4-11(16)8-12(13)17/h3-8,18H,9H2,1-2H3. The van der Waals surface area contributed by atoms with Gasteiger partial charge in [0.1, 0.15) is 11.6 Å². The molecule has 0 aromatic heterocycles. The van der Waals surface area contributed by atoms with Crippen molar-refractivity contribution in [1.29, 1.82) is 0 Å². The van der Waals surface area contributed by atoms with E-state index in [4.69, 9.17) is 9.47 Å². The van der Waals surface area contributed by atoms with Crippen molar-refractivity contribution in [2.75, 3.05) is 19.5 Å². The summed E-state index contributed by atoms with van der Waals surface area (Å²) in [6, 6.07) is 8.84. The molecule has 0 spiro atoms. The maximum absolute atomic E-state index is 13.5. The van der Waals surface area contributed by atoms with E-state index in [1.807, 2.05) is 6.07 Å². The molecule has 0 amide bonds. The first kappa shape index (κ1) is 14.1. The van der Waals surface area contributed by atoms with E-state index in [1.54, 1.807) is 26.4 Å². The molecule has 0 fully saturated rings. The Labute approximate surface area is 116 Å². The normalized spacial score (nSPS) is 10.2. The summed E-state index contributed by atoms with van der Waals surface area (Å²) >= 11 is 0. The maximum atomic E-state index is 13.5. The molecule has 2 aromatic carbocycles. The molecule has 2 rings (SSSR count). The highest BCUT2D eigenvalue weighted by Gasteiger charge is 2.06. The van der Waals surface area contributed by atoms with Crippen molar-refractivity contribution < 1.29 is 18.3 Å². The summed E-state index contributed by atoms with van der Waals surface area (Å²) in [5, 5.41) is 2.91. The van der Waals surface area contributed by atoms with Gasteiger partial charge in [-0.05, 0) is 29.8 Å². The monoisotopic (exact) mass is 279 g/mol. The average molecular weight is 279 g/mol. The van der Waals surface area contributed by atoms with Crippen LogP contribution in [0.5, 0.6) is 11.5 Å². The molecule has 0 heterocycles. The lowest BCUT2D eigenvalue weighted by atomic mass is 10.2. The van der Waals surface area contributed by atoms with Crippen molar-refractivity contribution in [1.82, 2.24) is 0 Å². The summed E-state index contributed by atoms with van der Waals surface area (Å²) in [7, 11) is 3.11. The molecule has 0 bridgehead atoms. The number of benzene rings is 2. The third-order valence-electron chi connectivity index (χ3n) is 2.86. The Hall–Kier alpha value is -2.30. The predicted octanol–water partition coefficient (Wildman–Crippen LogP) is 3.59. The minimum Gasteiger partial charge on any atom is -0.493 e. The molecule has 0 atom stereocenters. The summed E-state index contributed by atoms with van der Waals surface area (Å²) < 4.78 is 36.6. The maximum Gasteiger partial charge on any atom is 0.161 e. The van der Waals surface area contributed by atoms with Crippen molar-refractivity contribution in [2.24, 2.45) is 0 Å². The molecule has 20 heavy (non-hydrogen) atoms. The molecule has 3 nitrogen and oxygen atoms in total. The summed E-state index contributed by atoms with van der Waals surface area (Å²) in [5.41, 5.74) is 1.15. The van der Waals surface area contributed by atoms with Crippen LogP contribution in [0.1, 0.15) is 5.56 Å². The second-order valence-corrected chi connectivity index (χ2v) is 4.17. The number of halogens is 2. The lowest BCUT2D eigenvalue weighted by Crippen LogP contribution is -2.02. The highest BCUT2D eigenvalue weighted by molar-refractivity contribution is 5.47. The number of anilines is 1. The van der Waals surface area contributed by atoms with Crippen LogP contribution in [0.2, 0.25) is 0 Å². The van der Waals surface area contributed by atoms with E-state index >= 15 is 0 Å². The third kappa shape index (κ3) is 3.17. The lowest BCUT2D eigenvalue weighted by Gasteiger charge is -2.11. The van der Waals surface area contributed by atoms with Crippen molar-refractivity contribution in [3.05, 3.63) is 53.6 Å². The molecule has 0 saturated carbocycles. The van der Waals surface area contributed by atoms with Gasteiger partial charge < -0.3 is 14.8 Å². The molecule has 2 aromatic rings. The fraction of sp³-hybridized carbons (Fsp3) is 0.200.